The molecule has 1 aromatic rings. The van der Waals surface area contributed by atoms with Crippen molar-refractivity contribution in [3.8, 4) is 0 Å². The molecule has 0 saturated heterocycles. The van der Waals surface area contributed by atoms with Crippen molar-refractivity contribution >= 4 is 15.8 Å². The first kappa shape index (κ1) is 17.4. The quantitative estimate of drug-likeness (QED) is 0.818. The lowest BCUT2D eigenvalue weighted by molar-refractivity contribution is -0.136. The molecule has 0 radical (unpaired) electrons. The number of nitrogens with zero attached hydrogens (tertiary/aromatic N) is 2. The maximum absolute atomic E-state index is 12.0. The molecule has 0 saturated carbocycles. The number of rotatable bonds is 6. The molecule has 0 fully saturated rings. The summed E-state index contributed by atoms with van der Waals surface area (Å²) in [6.07, 6.45) is 1.30. The highest BCUT2D eigenvalue weighted by molar-refractivity contribution is 7.90. The third kappa shape index (κ3) is 4.66. The number of carbonyl (C=O) groups is 1. The Bertz CT molecular complexity index is 706. The van der Waals surface area contributed by atoms with E-state index < -0.39 is 27.5 Å². The van der Waals surface area contributed by atoms with E-state index in [0.29, 0.717) is 17.0 Å². The van der Waals surface area contributed by atoms with Crippen LogP contribution in [-0.2, 0) is 21.1 Å². The van der Waals surface area contributed by atoms with Crippen LogP contribution >= 0.6 is 0 Å². The van der Waals surface area contributed by atoms with Gasteiger partial charge in [-0.05, 0) is 32.8 Å². The van der Waals surface area contributed by atoms with Crippen LogP contribution in [0.15, 0.2) is 4.79 Å². The molecule has 1 unspecified atom stereocenters. The van der Waals surface area contributed by atoms with E-state index in [-0.39, 0.29) is 18.6 Å². The maximum Gasteiger partial charge on any atom is 0.348 e. The lowest BCUT2D eigenvalue weighted by atomic mass is 10.1. The molecule has 0 amide bonds. The van der Waals surface area contributed by atoms with Gasteiger partial charge in [0, 0.05) is 30.1 Å². The summed E-state index contributed by atoms with van der Waals surface area (Å²) in [5, 5.41) is 8.77. The van der Waals surface area contributed by atoms with Crippen LogP contribution in [0.3, 0.4) is 0 Å². The highest BCUT2D eigenvalue weighted by atomic mass is 32.2. The predicted molar refractivity (Wildman–Crippen MR) is 78.3 cm³/mol. The number of carboxylic acid groups (broad SMARTS) is 1. The number of sulfone groups is 1. The van der Waals surface area contributed by atoms with Crippen LogP contribution in [0.2, 0.25) is 0 Å². The van der Waals surface area contributed by atoms with Gasteiger partial charge in [-0.25, -0.2) is 13.2 Å². The highest BCUT2D eigenvalue weighted by Crippen LogP contribution is 2.16. The monoisotopic (exact) mass is 316 g/mol. The van der Waals surface area contributed by atoms with Crippen molar-refractivity contribution in [3.05, 3.63) is 27.4 Å². The number of aromatic nitrogens is 2. The first-order valence-electron chi connectivity index (χ1n) is 6.51. The Kier molecular flexibility index (Phi) is 5.27. The number of hydrogen-bond donors (Lipinski definition) is 1. The summed E-state index contributed by atoms with van der Waals surface area (Å²) >= 11 is 0. The number of aryl methyl sites for hydroxylation is 1. The first-order chi connectivity index (χ1) is 9.53. The van der Waals surface area contributed by atoms with Crippen LogP contribution in [-0.4, -0.2) is 41.1 Å². The molecule has 7 nitrogen and oxygen atoms in total. The SMILES string of the molecule is Cc1nc(=O)n(C(C)CS(C)(=O)=O)c(C)c1CCC(=O)O. The Morgan fingerprint density at radius 1 is 1.38 bits per heavy atom. The van der Waals surface area contributed by atoms with Gasteiger partial charge in [-0.1, -0.05) is 0 Å². The van der Waals surface area contributed by atoms with Gasteiger partial charge in [-0.2, -0.15) is 4.98 Å². The summed E-state index contributed by atoms with van der Waals surface area (Å²) in [6, 6.07) is -0.552. The molecule has 0 aliphatic rings. The first-order valence-corrected chi connectivity index (χ1v) is 8.57. The number of carboxylic acids is 1. The van der Waals surface area contributed by atoms with Crippen LogP contribution in [0, 0.1) is 13.8 Å². The molecular weight excluding hydrogens is 296 g/mol. The van der Waals surface area contributed by atoms with Gasteiger partial charge in [-0.15, -0.1) is 0 Å². The molecule has 0 bridgehead atoms. The van der Waals surface area contributed by atoms with E-state index in [9.17, 15) is 18.0 Å². The summed E-state index contributed by atoms with van der Waals surface area (Å²) in [5.74, 6) is -1.10. The minimum atomic E-state index is -3.24. The molecule has 0 aliphatic carbocycles. The van der Waals surface area contributed by atoms with E-state index in [1.165, 1.54) is 4.57 Å². The summed E-state index contributed by atoms with van der Waals surface area (Å²) in [4.78, 5) is 26.6. The standard InChI is InChI=1S/C13H20N2O5S/c1-8(7-21(4,19)20)15-10(3)11(5-6-12(16)17)9(2)14-13(15)18/h8H,5-7H2,1-4H3,(H,16,17). The van der Waals surface area contributed by atoms with Gasteiger partial charge in [0.1, 0.15) is 9.84 Å². The summed E-state index contributed by atoms with van der Waals surface area (Å²) in [5.41, 5.74) is 1.23. The van der Waals surface area contributed by atoms with E-state index in [1.807, 2.05) is 0 Å². The Morgan fingerprint density at radius 2 is 1.95 bits per heavy atom. The van der Waals surface area contributed by atoms with Crippen molar-refractivity contribution in [2.45, 2.75) is 39.7 Å². The van der Waals surface area contributed by atoms with E-state index in [0.717, 1.165) is 6.26 Å². The van der Waals surface area contributed by atoms with Crippen LogP contribution in [0.4, 0.5) is 0 Å². The van der Waals surface area contributed by atoms with Crippen molar-refractivity contribution in [1.82, 2.24) is 9.55 Å². The van der Waals surface area contributed by atoms with Crippen LogP contribution in [0.25, 0.3) is 0 Å². The van der Waals surface area contributed by atoms with Gasteiger partial charge in [0.05, 0.1) is 5.75 Å². The molecule has 0 aromatic carbocycles. The Hall–Kier alpha value is -1.70. The van der Waals surface area contributed by atoms with E-state index in [4.69, 9.17) is 5.11 Å². The zero-order chi connectivity index (χ0) is 16.4. The molecule has 1 heterocycles. The van der Waals surface area contributed by atoms with Crippen molar-refractivity contribution < 1.29 is 18.3 Å². The second-order valence-electron chi connectivity index (χ2n) is 5.25. The van der Waals surface area contributed by atoms with Crippen LogP contribution in [0.5, 0.6) is 0 Å². The molecule has 21 heavy (non-hydrogen) atoms. The predicted octanol–water partition coefficient (Wildman–Crippen LogP) is 0.483. The van der Waals surface area contributed by atoms with E-state index in [1.54, 1.807) is 20.8 Å². The average molecular weight is 316 g/mol. The minimum Gasteiger partial charge on any atom is -0.481 e. The second-order valence-corrected chi connectivity index (χ2v) is 7.43. The summed E-state index contributed by atoms with van der Waals surface area (Å²) in [7, 11) is -3.24. The molecule has 1 rings (SSSR count). The number of aliphatic carboxylic acids is 1. The van der Waals surface area contributed by atoms with E-state index >= 15 is 0 Å². The van der Waals surface area contributed by atoms with Gasteiger partial charge >= 0.3 is 11.7 Å². The topological polar surface area (TPSA) is 106 Å². The Labute approximate surface area is 123 Å². The smallest absolute Gasteiger partial charge is 0.348 e. The molecule has 1 aromatic heterocycles. The Morgan fingerprint density at radius 3 is 2.43 bits per heavy atom. The fourth-order valence-corrected chi connectivity index (χ4v) is 3.47. The molecule has 0 aliphatic heterocycles. The Balaban J connectivity index is 3.30. The lowest BCUT2D eigenvalue weighted by Crippen LogP contribution is -2.33. The normalized spacial score (nSPS) is 13.1. The highest BCUT2D eigenvalue weighted by Gasteiger charge is 2.19. The van der Waals surface area contributed by atoms with Crippen molar-refractivity contribution in [1.29, 1.82) is 0 Å². The van der Waals surface area contributed by atoms with Gasteiger partial charge in [0.2, 0.25) is 0 Å². The lowest BCUT2D eigenvalue weighted by Gasteiger charge is -2.20. The molecule has 1 atom stereocenters. The molecule has 0 spiro atoms. The van der Waals surface area contributed by atoms with Crippen LogP contribution in [0.1, 0.15) is 36.3 Å². The van der Waals surface area contributed by atoms with Crippen molar-refractivity contribution in [2.24, 2.45) is 0 Å². The summed E-state index contributed by atoms with van der Waals surface area (Å²) in [6.45, 7) is 4.97. The average Bonchev–Trinajstić information content (AvgIpc) is 2.24. The zero-order valence-electron chi connectivity index (χ0n) is 12.6. The maximum atomic E-state index is 12.0. The zero-order valence-corrected chi connectivity index (χ0v) is 13.4. The van der Waals surface area contributed by atoms with Gasteiger partial charge in [0.25, 0.3) is 0 Å². The minimum absolute atomic E-state index is 0.0674. The third-order valence-electron chi connectivity index (χ3n) is 3.28. The van der Waals surface area contributed by atoms with Crippen molar-refractivity contribution in [3.63, 3.8) is 0 Å². The fraction of sp³-hybridized carbons (Fsp3) is 0.615. The summed E-state index contributed by atoms with van der Waals surface area (Å²) < 4.78 is 24.1. The van der Waals surface area contributed by atoms with Crippen molar-refractivity contribution in [2.75, 3.05) is 12.0 Å². The molecule has 118 valence electrons. The van der Waals surface area contributed by atoms with Gasteiger partial charge < -0.3 is 5.11 Å². The molecular formula is C13H20N2O5S. The van der Waals surface area contributed by atoms with Crippen LogP contribution < -0.4 is 5.69 Å². The second kappa shape index (κ2) is 6.38. The third-order valence-corrected chi connectivity index (χ3v) is 4.37. The largest absolute Gasteiger partial charge is 0.481 e. The fourth-order valence-electron chi connectivity index (χ4n) is 2.44. The van der Waals surface area contributed by atoms with Gasteiger partial charge in [0.15, 0.2) is 0 Å². The van der Waals surface area contributed by atoms with E-state index in [2.05, 4.69) is 4.98 Å². The van der Waals surface area contributed by atoms with Gasteiger partial charge in [-0.3, -0.25) is 9.36 Å². The number of hydrogen-bond acceptors (Lipinski definition) is 5. The molecule has 1 N–H and O–H groups in total. The molecule has 8 heteroatoms.